The van der Waals surface area contributed by atoms with E-state index in [-0.39, 0.29) is 0 Å². The molecular formula is C12H16N4. The fourth-order valence-electron chi connectivity index (χ4n) is 2.26. The molecule has 84 valence electrons. The Labute approximate surface area is 94.7 Å². The van der Waals surface area contributed by atoms with Gasteiger partial charge in [-0.1, -0.05) is 6.92 Å². The quantitative estimate of drug-likeness (QED) is 0.824. The third kappa shape index (κ3) is 1.59. The van der Waals surface area contributed by atoms with Crippen LogP contribution in [-0.2, 0) is 6.42 Å². The number of hydrogen-bond acceptors (Lipinski definition) is 3. The number of fused-ring (bicyclic) bond motifs is 1. The summed E-state index contributed by atoms with van der Waals surface area (Å²) in [7, 11) is 0. The third-order valence-corrected chi connectivity index (χ3v) is 3.28. The van der Waals surface area contributed by atoms with Gasteiger partial charge in [-0.3, -0.25) is 0 Å². The zero-order valence-electron chi connectivity index (χ0n) is 9.48. The van der Waals surface area contributed by atoms with Crippen molar-refractivity contribution in [2.75, 3.05) is 13.1 Å². The molecule has 1 unspecified atom stereocenters. The standard InChI is InChI=1S/C12H16N4/c1-2-11-5-12-14-7-10(8-16(12)15-11)9-3-4-13-6-9/h5,7-9,13H,2-4,6H2,1H3. The van der Waals surface area contributed by atoms with Crippen LogP contribution in [0.15, 0.2) is 18.5 Å². The van der Waals surface area contributed by atoms with E-state index in [2.05, 4.69) is 34.6 Å². The number of aryl methyl sites for hydroxylation is 1. The topological polar surface area (TPSA) is 42.2 Å². The minimum Gasteiger partial charge on any atom is -0.316 e. The predicted octanol–water partition coefficient (Wildman–Crippen LogP) is 1.37. The van der Waals surface area contributed by atoms with Gasteiger partial charge in [-0.2, -0.15) is 5.10 Å². The first kappa shape index (κ1) is 9.78. The summed E-state index contributed by atoms with van der Waals surface area (Å²) in [5.41, 5.74) is 3.35. The lowest BCUT2D eigenvalue weighted by Gasteiger charge is -2.07. The number of hydrogen-bond donors (Lipinski definition) is 1. The van der Waals surface area contributed by atoms with Crippen molar-refractivity contribution in [3.63, 3.8) is 0 Å². The van der Waals surface area contributed by atoms with E-state index < -0.39 is 0 Å². The first-order chi connectivity index (χ1) is 7.86. The van der Waals surface area contributed by atoms with Crippen molar-refractivity contribution in [1.29, 1.82) is 0 Å². The minimum atomic E-state index is 0.603. The van der Waals surface area contributed by atoms with E-state index in [1.54, 1.807) is 0 Å². The van der Waals surface area contributed by atoms with Crippen LogP contribution in [-0.4, -0.2) is 27.7 Å². The average Bonchev–Trinajstić information content (AvgIpc) is 2.96. The Morgan fingerprint density at radius 2 is 2.50 bits per heavy atom. The molecule has 1 saturated heterocycles. The molecule has 3 rings (SSSR count). The second kappa shape index (κ2) is 3.87. The van der Waals surface area contributed by atoms with E-state index in [1.165, 1.54) is 12.0 Å². The van der Waals surface area contributed by atoms with Crippen molar-refractivity contribution < 1.29 is 0 Å². The Bertz CT molecular complexity index is 497. The molecule has 4 nitrogen and oxygen atoms in total. The average molecular weight is 216 g/mol. The van der Waals surface area contributed by atoms with Gasteiger partial charge in [-0.05, 0) is 24.9 Å². The molecule has 0 aromatic carbocycles. The lowest BCUT2D eigenvalue weighted by molar-refractivity contribution is 0.741. The summed E-state index contributed by atoms with van der Waals surface area (Å²) >= 11 is 0. The van der Waals surface area contributed by atoms with Crippen molar-refractivity contribution in [3.05, 3.63) is 29.7 Å². The van der Waals surface area contributed by atoms with Crippen LogP contribution >= 0.6 is 0 Å². The molecular weight excluding hydrogens is 200 g/mol. The van der Waals surface area contributed by atoms with E-state index in [4.69, 9.17) is 0 Å². The Balaban J connectivity index is 2.00. The summed E-state index contributed by atoms with van der Waals surface area (Å²) in [5, 5.41) is 7.87. The van der Waals surface area contributed by atoms with Crippen LogP contribution in [0.5, 0.6) is 0 Å². The minimum absolute atomic E-state index is 0.603. The molecule has 1 aliphatic rings. The summed E-state index contributed by atoms with van der Waals surface area (Å²) in [6, 6.07) is 2.05. The first-order valence-electron chi connectivity index (χ1n) is 5.91. The predicted molar refractivity (Wildman–Crippen MR) is 62.6 cm³/mol. The molecule has 2 aromatic rings. The van der Waals surface area contributed by atoms with Gasteiger partial charge in [0, 0.05) is 30.9 Å². The number of nitrogens with one attached hydrogen (secondary N) is 1. The van der Waals surface area contributed by atoms with E-state index in [1.807, 2.05) is 10.7 Å². The van der Waals surface area contributed by atoms with Crippen molar-refractivity contribution in [2.45, 2.75) is 25.7 Å². The van der Waals surface area contributed by atoms with Crippen LogP contribution in [0.4, 0.5) is 0 Å². The molecule has 16 heavy (non-hydrogen) atoms. The smallest absolute Gasteiger partial charge is 0.155 e. The summed E-state index contributed by atoms with van der Waals surface area (Å²) in [5.74, 6) is 0.603. The van der Waals surface area contributed by atoms with Crippen molar-refractivity contribution in [3.8, 4) is 0 Å². The highest BCUT2D eigenvalue weighted by molar-refractivity contribution is 5.39. The fourth-order valence-corrected chi connectivity index (χ4v) is 2.26. The van der Waals surface area contributed by atoms with E-state index >= 15 is 0 Å². The highest BCUT2D eigenvalue weighted by Crippen LogP contribution is 2.21. The van der Waals surface area contributed by atoms with Gasteiger partial charge in [0.25, 0.3) is 0 Å². The van der Waals surface area contributed by atoms with Gasteiger partial charge in [-0.25, -0.2) is 9.50 Å². The largest absolute Gasteiger partial charge is 0.316 e. The van der Waals surface area contributed by atoms with Crippen LogP contribution in [0.25, 0.3) is 5.65 Å². The maximum atomic E-state index is 4.50. The van der Waals surface area contributed by atoms with Gasteiger partial charge in [-0.15, -0.1) is 0 Å². The maximum Gasteiger partial charge on any atom is 0.155 e. The Hall–Kier alpha value is -1.42. The van der Waals surface area contributed by atoms with Crippen LogP contribution in [0.1, 0.15) is 30.5 Å². The molecule has 4 heteroatoms. The Morgan fingerprint density at radius 3 is 3.25 bits per heavy atom. The van der Waals surface area contributed by atoms with Gasteiger partial charge in [0.05, 0.1) is 5.69 Å². The van der Waals surface area contributed by atoms with Gasteiger partial charge < -0.3 is 5.32 Å². The molecule has 0 amide bonds. The second-order valence-corrected chi connectivity index (χ2v) is 4.37. The maximum absolute atomic E-state index is 4.50. The lowest BCUT2D eigenvalue weighted by Crippen LogP contribution is -2.08. The van der Waals surface area contributed by atoms with Crippen molar-refractivity contribution in [1.82, 2.24) is 19.9 Å². The first-order valence-corrected chi connectivity index (χ1v) is 5.91. The Morgan fingerprint density at radius 1 is 1.56 bits per heavy atom. The highest BCUT2D eigenvalue weighted by atomic mass is 15.2. The number of aromatic nitrogens is 3. The summed E-state index contributed by atoms with van der Waals surface area (Å²) < 4.78 is 1.91. The van der Waals surface area contributed by atoms with E-state index in [0.29, 0.717) is 5.92 Å². The van der Waals surface area contributed by atoms with Crippen molar-refractivity contribution in [2.24, 2.45) is 0 Å². The zero-order valence-corrected chi connectivity index (χ0v) is 9.48. The highest BCUT2D eigenvalue weighted by Gasteiger charge is 2.17. The van der Waals surface area contributed by atoms with Crippen LogP contribution in [0, 0.1) is 0 Å². The van der Waals surface area contributed by atoms with Gasteiger partial charge >= 0.3 is 0 Å². The van der Waals surface area contributed by atoms with E-state index in [0.717, 1.165) is 30.9 Å². The second-order valence-electron chi connectivity index (χ2n) is 4.37. The summed E-state index contributed by atoms with van der Waals surface area (Å²) in [6.45, 7) is 4.29. The molecule has 3 heterocycles. The van der Waals surface area contributed by atoms with Gasteiger partial charge in [0.15, 0.2) is 5.65 Å². The zero-order chi connectivity index (χ0) is 11.0. The summed E-state index contributed by atoms with van der Waals surface area (Å²) in [4.78, 5) is 4.47. The van der Waals surface area contributed by atoms with Crippen molar-refractivity contribution >= 4 is 5.65 Å². The lowest BCUT2D eigenvalue weighted by atomic mass is 10.0. The SMILES string of the molecule is CCc1cc2ncc(C3CCNC3)cn2n1. The third-order valence-electron chi connectivity index (χ3n) is 3.28. The van der Waals surface area contributed by atoms with Gasteiger partial charge in [0.1, 0.15) is 0 Å². The molecule has 0 aliphatic carbocycles. The van der Waals surface area contributed by atoms with Crippen LogP contribution in [0.2, 0.25) is 0 Å². The molecule has 1 N–H and O–H groups in total. The molecule has 0 radical (unpaired) electrons. The van der Waals surface area contributed by atoms with E-state index in [9.17, 15) is 0 Å². The van der Waals surface area contributed by atoms with Crippen LogP contribution in [0.3, 0.4) is 0 Å². The van der Waals surface area contributed by atoms with Gasteiger partial charge in [0.2, 0.25) is 0 Å². The molecule has 0 spiro atoms. The molecule has 0 saturated carbocycles. The normalized spacial score (nSPS) is 20.7. The number of rotatable bonds is 2. The monoisotopic (exact) mass is 216 g/mol. The molecule has 1 atom stereocenters. The fraction of sp³-hybridized carbons (Fsp3) is 0.500. The molecule has 2 aromatic heterocycles. The molecule has 1 fully saturated rings. The molecule has 1 aliphatic heterocycles. The van der Waals surface area contributed by atoms with Crippen LogP contribution < -0.4 is 5.32 Å². The summed E-state index contributed by atoms with van der Waals surface area (Å²) in [6.07, 6.45) is 6.28. The molecule has 0 bridgehead atoms. The number of nitrogens with zero attached hydrogens (tertiary/aromatic N) is 3. The Kier molecular flexibility index (Phi) is 2.36.